The maximum absolute atomic E-state index is 4.32. The monoisotopic (exact) mass is 243 g/mol. The van der Waals surface area contributed by atoms with Crippen LogP contribution in [0, 0.1) is 6.92 Å². The molecule has 0 aliphatic rings. The highest BCUT2D eigenvalue weighted by molar-refractivity contribution is 7.09. The Bertz CT molecular complexity index is 408. The summed E-state index contributed by atoms with van der Waals surface area (Å²) in [5.74, 6) is 0.973. The summed E-state index contributed by atoms with van der Waals surface area (Å²) in [5.41, 5.74) is 1.18. The Labute approximate surface area is 99.5 Å². The second-order valence-electron chi connectivity index (χ2n) is 3.27. The minimum atomic E-state index is 0. The Kier molecular flexibility index (Phi) is 4.17. The first-order chi connectivity index (χ1) is 6.75. The Balaban J connectivity index is 0.00000112. The lowest BCUT2D eigenvalue weighted by atomic mass is 10.3. The zero-order chi connectivity index (χ0) is 9.97. The van der Waals surface area contributed by atoms with E-state index in [1.54, 1.807) is 11.3 Å². The summed E-state index contributed by atoms with van der Waals surface area (Å²) in [6.07, 6.45) is 2.01. The molecule has 2 rings (SSSR count). The lowest BCUT2D eigenvalue weighted by Crippen LogP contribution is -1.99. The Hall–Kier alpha value is -1.000. The van der Waals surface area contributed by atoms with Gasteiger partial charge in [0.25, 0.3) is 0 Å². The molecule has 5 heteroatoms. The molecule has 0 aliphatic carbocycles. The molecule has 82 valence electrons. The van der Waals surface area contributed by atoms with Gasteiger partial charge in [0.15, 0.2) is 5.82 Å². The van der Waals surface area contributed by atoms with Crippen molar-refractivity contribution in [2.24, 2.45) is 7.05 Å². The highest BCUT2D eigenvalue weighted by Crippen LogP contribution is 2.14. The minimum Gasteiger partial charge on any atom is -0.363 e. The molecule has 15 heavy (non-hydrogen) atoms. The van der Waals surface area contributed by atoms with E-state index >= 15 is 0 Å². The first-order valence-corrected chi connectivity index (χ1v) is 5.40. The summed E-state index contributed by atoms with van der Waals surface area (Å²) in [6, 6.07) is 4.18. The smallest absolute Gasteiger partial charge is 0.151 e. The van der Waals surface area contributed by atoms with Gasteiger partial charge >= 0.3 is 0 Å². The van der Waals surface area contributed by atoms with Gasteiger partial charge in [-0.25, -0.2) is 0 Å². The van der Waals surface area contributed by atoms with E-state index in [0.29, 0.717) is 0 Å². The molecule has 2 aromatic heterocycles. The van der Waals surface area contributed by atoms with Gasteiger partial charge in [-0.1, -0.05) is 6.07 Å². The highest BCUT2D eigenvalue weighted by Gasteiger charge is 2.02. The summed E-state index contributed by atoms with van der Waals surface area (Å²) >= 11 is 1.76. The standard InChI is InChI=1S/C10H13N3S.ClH/c1-8-7-13(2)12-10(8)11-6-9-4-3-5-14-9;/h3-5,7H,6H2,1-2H3,(H,11,12);1H. The van der Waals surface area contributed by atoms with Crippen molar-refractivity contribution in [3.05, 3.63) is 34.2 Å². The van der Waals surface area contributed by atoms with Crippen LogP contribution < -0.4 is 5.32 Å². The van der Waals surface area contributed by atoms with Gasteiger partial charge in [-0.15, -0.1) is 23.7 Å². The summed E-state index contributed by atoms with van der Waals surface area (Å²) in [4.78, 5) is 1.33. The molecule has 0 saturated carbocycles. The molecule has 3 nitrogen and oxygen atoms in total. The molecule has 0 radical (unpaired) electrons. The largest absolute Gasteiger partial charge is 0.363 e. The maximum Gasteiger partial charge on any atom is 0.151 e. The fraction of sp³-hybridized carbons (Fsp3) is 0.300. The zero-order valence-corrected chi connectivity index (χ0v) is 10.4. The van der Waals surface area contributed by atoms with Crippen LogP contribution in [0.25, 0.3) is 0 Å². The van der Waals surface area contributed by atoms with Crippen molar-refractivity contribution in [2.75, 3.05) is 5.32 Å². The second kappa shape index (κ2) is 5.19. The number of nitrogens with zero attached hydrogens (tertiary/aromatic N) is 2. The molecule has 1 N–H and O–H groups in total. The number of rotatable bonds is 3. The van der Waals surface area contributed by atoms with Crippen LogP contribution in [0.2, 0.25) is 0 Å². The minimum absolute atomic E-state index is 0. The number of thiophene rings is 1. The lowest BCUT2D eigenvalue weighted by Gasteiger charge is -2.00. The van der Waals surface area contributed by atoms with Gasteiger partial charge in [-0.05, 0) is 18.4 Å². The number of aromatic nitrogens is 2. The van der Waals surface area contributed by atoms with E-state index in [4.69, 9.17) is 0 Å². The molecule has 0 amide bonds. The average molecular weight is 244 g/mol. The normalized spacial score (nSPS) is 9.73. The SMILES string of the molecule is Cc1cn(C)nc1NCc1cccs1.Cl. The van der Waals surface area contributed by atoms with E-state index in [1.165, 1.54) is 10.4 Å². The third-order valence-corrected chi connectivity index (χ3v) is 2.90. The van der Waals surface area contributed by atoms with Crippen LogP contribution in [0.3, 0.4) is 0 Å². The second-order valence-corrected chi connectivity index (χ2v) is 4.30. The summed E-state index contributed by atoms with van der Waals surface area (Å²) < 4.78 is 1.83. The molecule has 0 bridgehead atoms. The van der Waals surface area contributed by atoms with Crippen molar-refractivity contribution < 1.29 is 0 Å². The first-order valence-electron chi connectivity index (χ1n) is 4.52. The molecule has 2 aromatic rings. The van der Waals surface area contributed by atoms with Crippen LogP contribution in [-0.4, -0.2) is 9.78 Å². The van der Waals surface area contributed by atoms with Crippen molar-refractivity contribution in [3.63, 3.8) is 0 Å². The molecular weight excluding hydrogens is 230 g/mol. The van der Waals surface area contributed by atoms with Crippen LogP contribution in [0.15, 0.2) is 23.7 Å². The third kappa shape index (κ3) is 2.97. The predicted octanol–water partition coefficient (Wildman–Crippen LogP) is 2.82. The van der Waals surface area contributed by atoms with Gasteiger partial charge in [-0.3, -0.25) is 4.68 Å². The van der Waals surface area contributed by atoms with E-state index in [-0.39, 0.29) is 12.4 Å². The highest BCUT2D eigenvalue weighted by atomic mass is 35.5. The fourth-order valence-electron chi connectivity index (χ4n) is 1.37. The quantitative estimate of drug-likeness (QED) is 0.899. The van der Waals surface area contributed by atoms with E-state index < -0.39 is 0 Å². The van der Waals surface area contributed by atoms with Crippen LogP contribution in [0.1, 0.15) is 10.4 Å². The molecule has 2 heterocycles. The number of halogens is 1. The van der Waals surface area contributed by atoms with Crippen molar-refractivity contribution in [2.45, 2.75) is 13.5 Å². The van der Waals surface area contributed by atoms with Crippen LogP contribution >= 0.6 is 23.7 Å². The van der Waals surface area contributed by atoms with E-state index in [1.807, 2.05) is 17.9 Å². The molecular formula is C10H14ClN3S. The summed E-state index contributed by atoms with van der Waals surface area (Å²) in [5, 5.41) is 9.72. The van der Waals surface area contributed by atoms with Gasteiger partial charge in [0, 0.05) is 23.7 Å². The van der Waals surface area contributed by atoms with E-state index in [2.05, 4.69) is 34.9 Å². The Morgan fingerprint density at radius 3 is 2.87 bits per heavy atom. The van der Waals surface area contributed by atoms with Gasteiger partial charge in [-0.2, -0.15) is 5.10 Å². The van der Waals surface area contributed by atoms with Crippen molar-refractivity contribution in [1.82, 2.24) is 9.78 Å². The van der Waals surface area contributed by atoms with Gasteiger partial charge in [0.1, 0.15) is 0 Å². The lowest BCUT2D eigenvalue weighted by molar-refractivity contribution is 0.768. The van der Waals surface area contributed by atoms with Crippen molar-refractivity contribution in [1.29, 1.82) is 0 Å². The van der Waals surface area contributed by atoms with Gasteiger partial charge in [0.2, 0.25) is 0 Å². The maximum atomic E-state index is 4.32. The number of aryl methyl sites for hydroxylation is 2. The number of nitrogens with one attached hydrogen (secondary N) is 1. The summed E-state index contributed by atoms with van der Waals surface area (Å²) in [6.45, 7) is 2.92. The van der Waals surface area contributed by atoms with Gasteiger partial charge < -0.3 is 5.32 Å². The number of hydrogen-bond donors (Lipinski definition) is 1. The van der Waals surface area contributed by atoms with E-state index in [9.17, 15) is 0 Å². The van der Waals surface area contributed by atoms with Crippen molar-refractivity contribution >= 4 is 29.6 Å². The first kappa shape index (κ1) is 12.1. The molecule has 0 fully saturated rings. The number of hydrogen-bond acceptors (Lipinski definition) is 3. The number of anilines is 1. The van der Waals surface area contributed by atoms with Crippen molar-refractivity contribution in [3.8, 4) is 0 Å². The molecule has 0 unspecified atom stereocenters. The van der Waals surface area contributed by atoms with Gasteiger partial charge in [0.05, 0.1) is 6.54 Å². The Morgan fingerprint density at radius 1 is 1.53 bits per heavy atom. The fourth-order valence-corrected chi connectivity index (χ4v) is 2.01. The molecule has 0 aliphatic heterocycles. The topological polar surface area (TPSA) is 29.9 Å². The van der Waals surface area contributed by atoms with E-state index in [0.717, 1.165) is 12.4 Å². The molecule has 0 spiro atoms. The average Bonchev–Trinajstić information content (AvgIpc) is 2.72. The predicted molar refractivity (Wildman–Crippen MR) is 66.8 cm³/mol. The third-order valence-electron chi connectivity index (χ3n) is 2.02. The van der Waals surface area contributed by atoms with Crippen LogP contribution in [-0.2, 0) is 13.6 Å². The zero-order valence-electron chi connectivity index (χ0n) is 8.73. The molecule has 0 aromatic carbocycles. The summed E-state index contributed by atoms with van der Waals surface area (Å²) in [7, 11) is 1.93. The Morgan fingerprint density at radius 2 is 2.33 bits per heavy atom. The van der Waals surface area contributed by atoms with Crippen LogP contribution in [0.5, 0.6) is 0 Å². The molecule has 0 atom stereocenters. The van der Waals surface area contributed by atoms with Crippen LogP contribution in [0.4, 0.5) is 5.82 Å². The molecule has 0 saturated heterocycles.